The van der Waals surface area contributed by atoms with Gasteiger partial charge in [-0.05, 0) is 67.1 Å². The molecule has 6 heteroatoms. The highest BCUT2D eigenvalue weighted by molar-refractivity contribution is 6.33. The monoisotopic (exact) mass is 393 g/mol. The highest BCUT2D eigenvalue weighted by atomic mass is 35.5. The summed E-state index contributed by atoms with van der Waals surface area (Å²) in [5.74, 6) is 0.417. The largest absolute Gasteiger partial charge is 0.489 e. The highest BCUT2D eigenvalue weighted by Gasteiger charge is 2.47. The van der Waals surface area contributed by atoms with Gasteiger partial charge in [-0.2, -0.15) is 5.10 Å². The zero-order valence-corrected chi connectivity index (χ0v) is 16.3. The van der Waals surface area contributed by atoms with E-state index < -0.39 is 0 Å². The van der Waals surface area contributed by atoms with Crippen LogP contribution in [0, 0.1) is 6.92 Å². The third kappa shape index (κ3) is 2.96. The van der Waals surface area contributed by atoms with Crippen LogP contribution in [0.15, 0.2) is 48.8 Å². The van der Waals surface area contributed by atoms with Gasteiger partial charge in [-0.1, -0.05) is 23.7 Å². The smallest absolute Gasteiger partial charge is 0.255 e. The Balaban J connectivity index is 1.46. The maximum absolute atomic E-state index is 12.7. The van der Waals surface area contributed by atoms with Crippen molar-refractivity contribution in [3.63, 3.8) is 0 Å². The lowest BCUT2D eigenvalue weighted by Gasteiger charge is -2.15. The van der Waals surface area contributed by atoms with Crippen LogP contribution in [0.25, 0.3) is 5.69 Å². The minimum absolute atomic E-state index is 0.0952. The van der Waals surface area contributed by atoms with Crippen LogP contribution < -0.4 is 10.1 Å². The Morgan fingerprint density at radius 2 is 2.07 bits per heavy atom. The van der Waals surface area contributed by atoms with Crippen molar-refractivity contribution >= 4 is 17.5 Å². The Hall–Kier alpha value is -2.79. The fourth-order valence-corrected chi connectivity index (χ4v) is 3.93. The van der Waals surface area contributed by atoms with Crippen molar-refractivity contribution in [2.24, 2.45) is 0 Å². The topological polar surface area (TPSA) is 56.1 Å². The number of aromatic nitrogens is 2. The molecule has 1 saturated carbocycles. The first-order valence-electron chi connectivity index (χ1n) is 9.41. The zero-order chi connectivity index (χ0) is 19.3. The molecule has 0 bridgehead atoms. The lowest BCUT2D eigenvalue weighted by atomic mass is 9.97. The number of amides is 1. The summed E-state index contributed by atoms with van der Waals surface area (Å²) in [6.07, 6.45) is 6.28. The third-order valence-corrected chi connectivity index (χ3v) is 6.10. The van der Waals surface area contributed by atoms with Crippen LogP contribution in [0.1, 0.15) is 39.9 Å². The molecule has 5 rings (SSSR count). The maximum Gasteiger partial charge on any atom is 0.255 e. The first kappa shape index (κ1) is 17.3. The Kier molecular flexibility index (Phi) is 3.95. The molecule has 0 unspecified atom stereocenters. The molecule has 1 N–H and O–H groups in total. The number of halogens is 1. The number of hydrogen-bond donors (Lipinski definition) is 1. The van der Waals surface area contributed by atoms with Gasteiger partial charge in [-0.3, -0.25) is 4.79 Å². The van der Waals surface area contributed by atoms with E-state index in [9.17, 15) is 4.79 Å². The summed E-state index contributed by atoms with van der Waals surface area (Å²) >= 11 is 6.61. The van der Waals surface area contributed by atoms with Crippen LogP contribution in [0.4, 0.5) is 0 Å². The SMILES string of the molecule is Cc1c(Cc2ccc(-n3cccn3)cc2)cc2c(c1Cl)OCC1(CC1)NC2=O. The molecule has 1 fully saturated rings. The number of nitrogens with zero attached hydrogens (tertiary/aromatic N) is 2. The summed E-state index contributed by atoms with van der Waals surface area (Å²) in [4.78, 5) is 12.7. The van der Waals surface area contributed by atoms with Crippen LogP contribution >= 0.6 is 11.6 Å². The molecule has 1 amide bonds. The van der Waals surface area contributed by atoms with Gasteiger partial charge in [0, 0.05) is 12.4 Å². The van der Waals surface area contributed by atoms with Gasteiger partial charge >= 0.3 is 0 Å². The molecule has 142 valence electrons. The van der Waals surface area contributed by atoms with Crippen LogP contribution in [0.3, 0.4) is 0 Å². The molecule has 2 aliphatic rings. The lowest BCUT2D eigenvalue weighted by Crippen LogP contribution is -2.38. The Bertz CT molecular complexity index is 1050. The van der Waals surface area contributed by atoms with Crippen molar-refractivity contribution in [1.29, 1.82) is 0 Å². The molecule has 5 nitrogen and oxygen atoms in total. The van der Waals surface area contributed by atoms with Crippen molar-refractivity contribution in [2.75, 3.05) is 6.61 Å². The summed E-state index contributed by atoms with van der Waals surface area (Å²) in [6.45, 7) is 2.47. The van der Waals surface area contributed by atoms with E-state index in [1.165, 1.54) is 0 Å². The Morgan fingerprint density at radius 3 is 2.75 bits per heavy atom. The van der Waals surface area contributed by atoms with Gasteiger partial charge in [0.25, 0.3) is 5.91 Å². The van der Waals surface area contributed by atoms with Gasteiger partial charge in [0.2, 0.25) is 0 Å². The second-order valence-electron chi connectivity index (χ2n) is 7.67. The molecular formula is C22H20ClN3O2. The summed E-state index contributed by atoms with van der Waals surface area (Å²) in [7, 11) is 0. The van der Waals surface area contributed by atoms with E-state index in [4.69, 9.17) is 16.3 Å². The van der Waals surface area contributed by atoms with Crippen LogP contribution in [-0.2, 0) is 6.42 Å². The maximum atomic E-state index is 12.7. The second-order valence-corrected chi connectivity index (χ2v) is 8.05. The summed E-state index contributed by atoms with van der Waals surface area (Å²) in [5, 5.41) is 7.90. The zero-order valence-electron chi connectivity index (χ0n) is 15.5. The molecule has 1 aliphatic heterocycles. The van der Waals surface area contributed by atoms with E-state index in [-0.39, 0.29) is 11.4 Å². The molecule has 3 aromatic rings. The van der Waals surface area contributed by atoms with E-state index in [1.807, 2.05) is 42.1 Å². The molecule has 0 radical (unpaired) electrons. The van der Waals surface area contributed by atoms with E-state index >= 15 is 0 Å². The van der Waals surface area contributed by atoms with Crippen LogP contribution in [-0.4, -0.2) is 27.8 Å². The average Bonchev–Trinajstić information content (AvgIpc) is 3.26. The van der Waals surface area contributed by atoms with Gasteiger partial charge in [0.15, 0.2) is 5.75 Å². The van der Waals surface area contributed by atoms with E-state index in [0.29, 0.717) is 29.4 Å². The number of benzene rings is 2. The first-order valence-corrected chi connectivity index (χ1v) is 9.79. The predicted octanol–water partition coefficient (Wildman–Crippen LogP) is 4.08. The summed E-state index contributed by atoms with van der Waals surface area (Å²) < 4.78 is 7.77. The minimum atomic E-state index is -0.199. The molecular weight excluding hydrogens is 374 g/mol. The fraction of sp³-hybridized carbons (Fsp3) is 0.273. The molecule has 1 spiro atoms. The third-order valence-electron chi connectivity index (χ3n) is 5.64. The van der Waals surface area contributed by atoms with Gasteiger partial charge in [0.1, 0.15) is 6.61 Å². The molecule has 0 saturated heterocycles. The quantitative estimate of drug-likeness (QED) is 0.729. The molecule has 28 heavy (non-hydrogen) atoms. The van der Waals surface area contributed by atoms with Crippen LogP contribution in [0.2, 0.25) is 5.02 Å². The lowest BCUT2D eigenvalue weighted by molar-refractivity contribution is 0.0932. The van der Waals surface area contributed by atoms with Crippen molar-refractivity contribution in [2.45, 2.75) is 31.7 Å². The Morgan fingerprint density at radius 1 is 1.29 bits per heavy atom. The van der Waals surface area contributed by atoms with Crippen molar-refractivity contribution in [3.8, 4) is 11.4 Å². The minimum Gasteiger partial charge on any atom is -0.489 e. The van der Waals surface area contributed by atoms with E-state index in [0.717, 1.165) is 35.2 Å². The van der Waals surface area contributed by atoms with Crippen molar-refractivity contribution in [3.05, 3.63) is 76.1 Å². The molecule has 1 aromatic heterocycles. The highest BCUT2D eigenvalue weighted by Crippen LogP contribution is 2.42. The van der Waals surface area contributed by atoms with Crippen molar-refractivity contribution in [1.82, 2.24) is 15.1 Å². The number of nitrogens with one attached hydrogen (secondary N) is 1. The van der Waals surface area contributed by atoms with Gasteiger partial charge < -0.3 is 10.1 Å². The van der Waals surface area contributed by atoms with Crippen molar-refractivity contribution < 1.29 is 9.53 Å². The number of fused-ring (bicyclic) bond motifs is 1. The summed E-state index contributed by atoms with van der Waals surface area (Å²) in [6, 6.07) is 12.0. The van der Waals surface area contributed by atoms with Gasteiger partial charge in [0.05, 0.1) is 21.8 Å². The number of rotatable bonds is 3. The van der Waals surface area contributed by atoms with Gasteiger partial charge in [-0.15, -0.1) is 0 Å². The Labute approximate surface area is 168 Å². The second kappa shape index (κ2) is 6.38. The molecule has 0 atom stereocenters. The van der Waals surface area contributed by atoms with Crippen LogP contribution in [0.5, 0.6) is 5.75 Å². The molecule has 2 aromatic carbocycles. The summed E-state index contributed by atoms with van der Waals surface area (Å²) in [5.41, 5.74) is 4.46. The number of hydrogen-bond acceptors (Lipinski definition) is 3. The average molecular weight is 394 g/mol. The molecule has 1 aliphatic carbocycles. The fourth-order valence-electron chi connectivity index (χ4n) is 3.65. The predicted molar refractivity (Wildman–Crippen MR) is 107 cm³/mol. The van der Waals surface area contributed by atoms with E-state index in [1.54, 1.807) is 6.20 Å². The normalized spacial score (nSPS) is 16.9. The number of ether oxygens (including phenoxy) is 1. The first-order chi connectivity index (χ1) is 13.5. The van der Waals surface area contributed by atoms with E-state index in [2.05, 4.69) is 22.5 Å². The standard InChI is InChI=1S/C22H20ClN3O2/c1-14-16(11-15-3-5-17(6-4-15)26-10-2-9-24-26)12-18-20(19(14)23)28-13-22(7-8-22)25-21(18)27/h2-6,9-10,12H,7-8,11,13H2,1H3,(H,25,27). The number of carbonyl (C=O) groups excluding carboxylic acids is 1. The molecule has 2 heterocycles. The van der Waals surface area contributed by atoms with Gasteiger partial charge in [-0.25, -0.2) is 4.68 Å². The number of carbonyl (C=O) groups is 1.